The zero-order chi connectivity index (χ0) is 13.7. The van der Waals surface area contributed by atoms with E-state index in [4.69, 9.17) is 5.73 Å². The molecule has 0 bridgehead atoms. The summed E-state index contributed by atoms with van der Waals surface area (Å²) in [6.45, 7) is 4.81. The molecule has 0 aliphatic heterocycles. The minimum atomic E-state index is 0.0661. The molecular formula is C15H23N3O. The monoisotopic (exact) mass is 261 g/mol. The Labute approximate surface area is 115 Å². The van der Waals surface area contributed by atoms with E-state index in [1.807, 2.05) is 18.2 Å². The van der Waals surface area contributed by atoms with Crippen LogP contribution in [0.15, 0.2) is 30.3 Å². The maximum Gasteiger partial charge on any atom is 0.224 e. The van der Waals surface area contributed by atoms with Crippen LogP contribution in [0, 0.1) is 5.92 Å². The highest BCUT2D eigenvalue weighted by molar-refractivity contribution is 5.82. The Balaban J connectivity index is 1.68. The van der Waals surface area contributed by atoms with E-state index in [0.717, 1.165) is 32.5 Å². The molecule has 1 amide bonds. The summed E-state index contributed by atoms with van der Waals surface area (Å²) in [5, 5.41) is 2.96. The van der Waals surface area contributed by atoms with Crippen molar-refractivity contribution in [3.63, 3.8) is 0 Å². The summed E-state index contributed by atoms with van der Waals surface area (Å²) in [5.74, 6) is 0.187. The molecule has 1 aliphatic carbocycles. The van der Waals surface area contributed by atoms with Gasteiger partial charge in [-0.25, -0.2) is 0 Å². The van der Waals surface area contributed by atoms with Gasteiger partial charge < -0.3 is 16.0 Å². The molecule has 4 heteroatoms. The predicted molar refractivity (Wildman–Crippen MR) is 78.0 cm³/mol. The van der Waals surface area contributed by atoms with Crippen molar-refractivity contribution in [3.05, 3.63) is 30.3 Å². The van der Waals surface area contributed by atoms with E-state index in [9.17, 15) is 4.79 Å². The van der Waals surface area contributed by atoms with Crippen molar-refractivity contribution in [2.24, 2.45) is 11.7 Å². The average Bonchev–Trinajstić information content (AvgIpc) is 3.17. The highest BCUT2D eigenvalue weighted by atomic mass is 16.2. The number of hydrogen-bond donors (Lipinski definition) is 2. The standard InChI is InChI=1S/C15H23N3O/c1-2-18(12-7-4-3-5-8-12)10-6-9-17-15(19)13-11-14(13)16/h3-5,7-8,13-14H,2,6,9-11,16H2,1H3,(H,17,19). The lowest BCUT2D eigenvalue weighted by Crippen LogP contribution is -2.31. The molecule has 1 aromatic carbocycles. The van der Waals surface area contributed by atoms with Gasteiger partial charge in [0.25, 0.3) is 0 Å². The maximum atomic E-state index is 11.6. The summed E-state index contributed by atoms with van der Waals surface area (Å²) < 4.78 is 0. The molecule has 104 valence electrons. The van der Waals surface area contributed by atoms with Crippen molar-refractivity contribution < 1.29 is 4.79 Å². The third-order valence-electron chi connectivity index (χ3n) is 3.58. The third-order valence-corrected chi connectivity index (χ3v) is 3.58. The van der Waals surface area contributed by atoms with Gasteiger partial charge in [0.05, 0.1) is 5.92 Å². The summed E-state index contributed by atoms with van der Waals surface area (Å²) in [5.41, 5.74) is 6.88. The number of amides is 1. The largest absolute Gasteiger partial charge is 0.372 e. The van der Waals surface area contributed by atoms with Gasteiger partial charge in [0, 0.05) is 31.4 Å². The molecule has 19 heavy (non-hydrogen) atoms. The first-order valence-electron chi connectivity index (χ1n) is 7.05. The van der Waals surface area contributed by atoms with E-state index in [1.165, 1.54) is 5.69 Å². The third kappa shape index (κ3) is 3.96. The number of rotatable bonds is 7. The molecule has 0 heterocycles. The van der Waals surface area contributed by atoms with E-state index in [2.05, 4.69) is 29.3 Å². The molecule has 0 aromatic heterocycles. The number of anilines is 1. The van der Waals surface area contributed by atoms with Crippen LogP contribution in [0.5, 0.6) is 0 Å². The van der Waals surface area contributed by atoms with Crippen molar-refractivity contribution in [3.8, 4) is 0 Å². The van der Waals surface area contributed by atoms with Crippen LogP contribution >= 0.6 is 0 Å². The summed E-state index contributed by atoms with van der Waals surface area (Å²) in [4.78, 5) is 13.9. The fourth-order valence-electron chi connectivity index (χ4n) is 2.24. The number of carbonyl (C=O) groups excluding carboxylic acids is 1. The lowest BCUT2D eigenvalue weighted by molar-refractivity contribution is -0.122. The number of nitrogens with two attached hydrogens (primary N) is 1. The lowest BCUT2D eigenvalue weighted by Gasteiger charge is -2.23. The zero-order valence-electron chi connectivity index (χ0n) is 11.5. The normalized spacial score (nSPS) is 20.9. The molecule has 3 N–H and O–H groups in total. The second-order valence-electron chi connectivity index (χ2n) is 5.07. The molecule has 1 saturated carbocycles. The fraction of sp³-hybridized carbons (Fsp3) is 0.533. The predicted octanol–water partition coefficient (Wildman–Crippen LogP) is 1.37. The smallest absolute Gasteiger partial charge is 0.224 e. The number of carbonyl (C=O) groups is 1. The van der Waals surface area contributed by atoms with Gasteiger partial charge in [-0.05, 0) is 31.9 Å². The highest BCUT2D eigenvalue weighted by Gasteiger charge is 2.39. The first-order valence-corrected chi connectivity index (χ1v) is 7.05. The van der Waals surface area contributed by atoms with Crippen molar-refractivity contribution in [1.29, 1.82) is 0 Å². The van der Waals surface area contributed by atoms with Gasteiger partial charge in [0.1, 0.15) is 0 Å². The molecule has 2 unspecified atom stereocenters. The van der Waals surface area contributed by atoms with Crippen LogP contribution in [0.4, 0.5) is 5.69 Å². The van der Waals surface area contributed by atoms with Gasteiger partial charge in [-0.2, -0.15) is 0 Å². The summed E-state index contributed by atoms with van der Waals surface area (Å²) in [7, 11) is 0. The summed E-state index contributed by atoms with van der Waals surface area (Å²) in [6.07, 6.45) is 1.80. The fourth-order valence-corrected chi connectivity index (χ4v) is 2.24. The number of benzene rings is 1. The number of hydrogen-bond acceptors (Lipinski definition) is 3. The van der Waals surface area contributed by atoms with Gasteiger partial charge in [-0.3, -0.25) is 4.79 Å². The summed E-state index contributed by atoms with van der Waals surface area (Å²) in [6, 6.07) is 10.5. The first-order chi connectivity index (χ1) is 9.22. The molecule has 0 radical (unpaired) electrons. The second-order valence-corrected chi connectivity index (χ2v) is 5.07. The minimum absolute atomic E-state index is 0.0661. The molecule has 2 rings (SSSR count). The van der Waals surface area contributed by atoms with Crippen LogP contribution in [0.1, 0.15) is 19.8 Å². The SMILES string of the molecule is CCN(CCCNC(=O)C1CC1N)c1ccccc1. The molecule has 0 saturated heterocycles. The van der Waals surface area contributed by atoms with E-state index in [1.54, 1.807) is 0 Å². The van der Waals surface area contributed by atoms with Crippen LogP contribution in [0.25, 0.3) is 0 Å². The van der Waals surface area contributed by atoms with E-state index in [0.29, 0.717) is 0 Å². The Morgan fingerprint density at radius 3 is 2.68 bits per heavy atom. The van der Waals surface area contributed by atoms with Gasteiger partial charge in [0.2, 0.25) is 5.91 Å². The molecular weight excluding hydrogens is 238 g/mol. The van der Waals surface area contributed by atoms with Crippen LogP contribution in [0.2, 0.25) is 0 Å². The maximum absolute atomic E-state index is 11.6. The van der Waals surface area contributed by atoms with Gasteiger partial charge in [-0.1, -0.05) is 18.2 Å². The van der Waals surface area contributed by atoms with Crippen LogP contribution < -0.4 is 16.0 Å². The van der Waals surface area contributed by atoms with Crippen LogP contribution in [-0.4, -0.2) is 31.6 Å². The molecule has 1 aromatic rings. The van der Waals surface area contributed by atoms with Gasteiger partial charge >= 0.3 is 0 Å². The minimum Gasteiger partial charge on any atom is -0.372 e. The molecule has 2 atom stereocenters. The quantitative estimate of drug-likeness (QED) is 0.729. The van der Waals surface area contributed by atoms with E-state index < -0.39 is 0 Å². The van der Waals surface area contributed by atoms with Crippen LogP contribution in [-0.2, 0) is 4.79 Å². The second kappa shape index (κ2) is 6.57. The van der Waals surface area contributed by atoms with Crippen LogP contribution in [0.3, 0.4) is 0 Å². The van der Waals surface area contributed by atoms with Gasteiger partial charge in [-0.15, -0.1) is 0 Å². The van der Waals surface area contributed by atoms with Crippen molar-refractivity contribution in [2.45, 2.75) is 25.8 Å². The van der Waals surface area contributed by atoms with Crippen molar-refractivity contribution in [1.82, 2.24) is 5.32 Å². The molecule has 4 nitrogen and oxygen atoms in total. The Kier molecular flexibility index (Phi) is 4.80. The average molecular weight is 261 g/mol. The Morgan fingerprint density at radius 2 is 2.11 bits per heavy atom. The highest BCUT2D eigenvalue weighted by Crippen LogP contribution is 2.27. The summed E-state index contributed by atoms with van der Waals surface area (Å²) >= 11 is 0. The first kappa shape index (κ1) is 13.9. The Morgan fingerprint density at radius 1 is 1.42 bits per heavy atom. The number of nitrogens with zero attached hydrogens (tertiary/aromatic N) is 1. The van der Waals surface area contributed by atoms with Crippen molar-refractivity contribution >= 4 is 11.6 Å². The van der Waals surface area contributed by atoms with Gasteiger partial charge in [0.15, 0.2) is 0 Å². The van der Waals surface area contributed by atoms with Crippen molar-refractivity contribution in [2.75, 3.05) is 24.5 Å². The topological polar surface area (TPSA) is 58.4 Å². The zero-order valence-corrected chi connectivity index (χ0v) is 11.5. The molecule has 0 spiro atoms. The van der Waals surface area contributed by atoms with E-state index >= 15 is 0 Å². The molecule has 1 aliphatic rings. The Bertz CT molecular complexity index is 407. The van der Waals surface area contributed by atoms with E-state index in [-0.39, 0.29) is 17.9 Å². The number of para-hydroxylation sites is 1. The molecule has 1 fully saturated rings. The Hall–Kier alpha value is -1.55. The number of nitrogens with one attached hydrogen (secondary N) is 1. The lowest BCUT2D eigenvalue weighted by atomic mass is 10.2.